The van der Waals surface area contributed by atoms with Gasteiger partial charge >= 0.3 is 0 Å². The Morgan fingerprint density at radius 3 is 2.75 bits per heavy atom. The first-order chi connectivity index (χ1) is 7.67. The van der Waals surface area contributed by atoms with E-state index in [-0.39, 0.29) is 0 Å². The minimum Gasteiger partial charge on any atom is -0.497 e. The number of alkyl halides is 1. The summed E-state index contributed by atoms with van der Waals surface area (Å²) in [5, 5.41) is 0. The number of hydrogen-bond acceptors (Lipinski definition) is 2. The SMILES string of the molecule is COc1ccc2c(c1)nc(CCl)n2C(C)C. The van der Waals surface area contributed by atoms with Crippen LogP contribution >= 0.6 is 11.6 Å². The third kappa shape index (κ3) is 1.76. The average Bonchev–Trinajstić information content (AvgIpc) is 2.65. The van der Waals surface area contributed by atoms with Crippen LogP contribution in [-0.4, -0.2) is 16.7 Å². The van der Waals surface area contributed by atoms with Crippen LogP contribution in [0.2, 0.25) is 0 Å². The summed E-state index contributed by atoms with van der Waals surface area (Å²) >= 11 is 5.91. The van der Waals surface area contributed by atoms with Crippen molar-refractivity contribution >= 4 is 22.6 Å². The summed E-state index contributed by atoms with van der Waals surface area (Å²) in [5.41, 5.74) is 2.04. The molecule has 0 unspecified atom stereocenters. The molecule has 0 bridgehead atoms. The first-order valence-electron chi connectivity index (χ1n) is 5.28. The van der Waals surface area contributed by atoms with E-state index in [1.165, 1.54) is 0 Å². The van der Waals surface area contributed by atoms with Crippen molar-refractivity contribution in [3.63, 3.8) is 0 Å². The van der Waals surface area contributed by atoms with Gasteiger partial charge in [-0.15, -0.1) is 11.6 Å². The molecule has 0 radical (unpaired) electrons. The summed E-state index contributed by atoms with van der Waals surface area (Å²) in [4.78, 5) is 4.51. The van der Waals surface area contributed by atoms with Crippen LogP contribution in [0.4, 0.5) is 0 Å². The molecule has 4 heteroatoms. The van der Waals surface area contributed by atoms with Crippen LogP contribution in [0.25, 0.3) is 11.0 Å². The third-order valence-electron chi connectivity index (χ3n) is 2.61. The molecule has 0 atom stereocenters. The van der Waals surface area contributed by atoms with Crippen molar-refractivity contribution in [1.82, 2.24) is 9.55 Å². The number of rotatable bonds is 3. The lowest BCUT2D eigenvalue weighted by atomic mass is 10.3. The van der Waals surface area contributed by atoms with E-state index in [0.717, 1.165) is 22.6 Å². The zero-order chi connectivity index (χ0) is 11.7. The fourth-order valence-electron chi connectivity index (χ4n) is 1.93. The van der Waals surface area contributed by atoms with Crippen molar-refractivity contribution in [3.05, 3.63) is 24.0 Å². The maximum absolute atomic E-state index is 5.91. The predicted molar refractivity (Wildman–Crippen MR) is 66.2 cm³/mol. The highest BCUT2D eigenvalue weighted by Gasteiger charge is 2.12. The molecule has 3 nitrogen and oxygen atoms in total. The van der Waals surface area contributed by atoms with Gasteiger partial charge in [-0.25, -0.2) is 4.98 Å². The topological polar surface area (TPSA) is 27.1 Å². The molecular formula is C12H15ClN2O. The second-order valence-corrected chi connectivity index (χ2v) is 4.25. The molecule has 1 aromatic heterocycles. The lowest BCUT2D eigenvalue weighted by Gasteiger charge is -2.11. The highest BCUT2D eigenvalue weighted by Crippen LogP contribution is 2.25. The smallest absolute Gasteiger partial charge is 0.125 e. The molecule has 86 valence electrons. The summed E-state index contributed by atoms with van der Waals surface area (Å²) < 4.78 is 7.34. The highest BCUT2D eigenvalue weighted by molar-refractivity contribution is 6.16. The van der Waals surface area contributed by atoms with Crippen molar-refractivity contribution in [1.29, 1.82) is 0 Å². The molecule has 0 spiro atoms. The molecule has 0 aliphatic heterocycles. The summed E-state index contributed by atoms with van der Waals surface area (Å²) in [6.07, 6.45) is 0. The molecule has 1 aromatic carbocycles. The second-order valence-electron chi connectivity index (χ2n) is 3.98. The summed E-state index contributed by atoms with van der Waals surface area (Å²) in [6.45, 7) is 4.25. The Morgan fingerprint density at radius 2 is 2.19 bits per heavy atom. The van der Waals surface area contributed by atoms with Gasteiger partial charge in [0.05, 0.1) is 24.0 Å². The van der Waals surface area contributed by atoms with Crippen LogP contribution in [0.15, 0.2) is 18.2 Å². The van der Waals surface area contributed by atoms with Crippen LogP contribution in [0.5, 0.6) is 5.75 Å². The minimum atomic E-state index is 0.354. The molecule has 2 aromatic rings. The largest absolute Gasteiger partial charge is 0.497 e. The number of nitrogens with zero attached hydrogens (tertiary/aromatic N) is 2. The normalized spacial score (nSPS) is 11.3. The van der Waals surface area contributed by atoms with Gasteiger partial charge in [0.25, 0.3) is 0 Å². The Labute approximate surface area is 100.0 Å². The standard InChI is InChI=1S/C12H15ClN2O/c1-8(2)15-11-5-4-9(16-3)6-10(11)14-12(15)7-13/h4-6,8H,7H2,1-3H3. The van der Waals surface area contributed by atoms with Gasteiger partial charge < -0.3 is 9.30 Å². The predicted octanol–water partition coefficient (Wildman–Crippen LogP) is 3.36. The van der Waals surface area contributed by atoms with Crippen molar-refractivity contribution in [2.45, 2.75) is 25.8 Å². The molecule has 1 heterocycles. The van der Waals surface area contributed by atoms with E-state index in [2.05, 4.69) is 23.4 Å². The molecule has 0 N–H and O–H groups in total. The Bertz CT molecular complexity index is 505. The Hall–Kier alpha value is -1.22. The van der Waals surface area contributed by atoms with E-state index >= 15 is 0 Å². The second kappa shape index (κ2) is 4.34. The molecule has 0 aliphatic rings. The van der Waals surface area contributed by atoms with Gasteiger partial charge in [-0.3, -0.25) is 0 Å². The number of benzene rings is 1. The fraction of sp³-hybridized carbons (Fsp3) is 0.417. The van der Waals surface area contributed by atoms with E-state index in [4.69, 9.17) is 16.3 Å². The maximum atomic E-state index is 5.91. The third-order valence-corrected chi connectivity index (χ3v) is 2.84. The van der Waals surface area contributed by atoms with Gasteiger partial charge in [0.2, 0.25) is 0 Å². The number of methoxy groups -OCH3 is 1. The molecular weight excluding hydrogens is 224 g/mol. The van der Waals surface area contributed by atoms with Gasteiger partial charge in [0.15, 0.2) is 0 Å². The number of aromatic nitrogens is 2. The van der Waals surface area contributed by atoms with Gasteiger partial charge in [-0.2, -0.15) is 0 Å². The fourth-order valence-corrected chi connectivity index (χ4v) is 2.11. The Kier molecular flexibility index (Phi) is 3.06. The van der Waals surface area contributed by atoms with Gasteiger partial charge in [-0.05, 0) is 26.0 Å². The molecule has 0 aliphatic carbocycles. The first kappa shape index (κ1) is 11.3. The van der Waals surface area contributed by atoms with Crippen LogP contribution < -0.4 is 4.74 Å². The molecule has 0 saturated heterocycles. The van der Waals surface area contributed by atoms with Crippen molar-refractivity contribution in [2.24, 2.45) is 0 Å². The lowest BCUT2D eigenvalue weighted by molar-refractivity contribution is 0.415. The highest BCUT2D eigenvalue weighted by atomic mass is 35.5. The first-order valence-corrected chi connectivity index (χ1v) is 5.81. The molecule has 2 rings (SSSR count). The Balaban J connectivity index is 2.67. The number of fused-ring (bicyclic) bond motifs is 1. The van der Waals surface area contributed by atoms with Gasteiger partial charge in [-0.1, -0.05) is 0 Å². The summed E-state index contributed by atoms with van der Waals surface area (Å²) in [7, 11) is 1.66. The van der Waals surface area contributed by atoms with Crippen LogP contribution in [0.1, 0.15) is 25.7 Å². The van der Waals surface area contributed by atoms with Crippen LogP contribution in [0, 0.1) is 0 Å². The Morgan fingerprint density at radius 1 is 1.44 bits per heavy atom. The monoisotopic (exact) mass is 238 g/mol. The minimum absolute atomic E-state index is 0.354. The van der Waals surface area contributed by atoms with Crippen molar-refractivity contribution in [2.75, 3.05) is 7.11 Å². The van der Waals surface area contributed by atoms with Gasteiger partial charge in [0.1, 0.15) is 11.6 Å². The van der Waals surface area contributed by atoms with Crippen molar-refractivity contribution < 1.29 is 4.74 Å². The molecule has 0 fully saturated rings. The maximum Gasteiger partial charge on any atom is 0.125 e. The van der Waals surface area contributed by atoms with Crippen LogP contribution in [0.3, 0.4) is 0 Å². The zero-order valence-corrected chi connectivity index (χ0v) is 10.5. The molecule has 16 heavy (non-hydrogen) atoms. The van der Waals surface area contributed by atoms with E-state index in [1.807, 2.05) is 18.2 Å². The number of hydrogen-bond donors (Lipinski definition) is 0. The van der Waals surface area contributed by atoms with E-state index in [9.17, 15) is 0 Å². The number of imidazole rings is 1. The number of halogens is 1. The molecule has 0 saturated carbocycles. The lowest BCUT2D eigenvalue weighted by Crippen LogP contribution is -2.04. The molecule has 0 amide bonds. The quantitative estimate of drug-likeness (QED) is 0.767. The van der Waals surface area contributed by atoms with Crippen molar-refractivity contribution in [3.8, 4) is 5.75 Å². The van der Waals surface area contributed by atoms with E-state index < -0.39 is 0 Å². The zero-order valence-electron chi connectivity index (χ0n) is 9.70. The summed E-state index contributed by atoms with van der Waals surface area (Å²) in [5.74, 6) is 2.15. The summed E-state index contributed by atoms with van der Waals surface area (Å²) in [6, 6.07) is 6.26. The van der Waals surface area contributed by atoms with E-state index in [1.54, 1.807) is 7.11 Å². The van der Waals surface area contributed by atoms with E-state index in [0.29, 0.717) is 11.9 Å². The van der Waals surface area contributed by atoms with Crippen LogP contribution in [-0.2, 0) is 5.88 Å². The average molecular weight is 239 g/mol. The van der Waals surface area contributed by atoms with Gasteiger partial charge in [0, 0.05) is 12.1 Å². The number of ether oxygens (including phenoxy) is 1.